The van der Waals surface area contributed by atoms with Crippen LogP contribution in [0.4, 0.5) is 10.3 Å². The molecule has 3 aromatic rings. The van der Waals surface area contributed by atoms with Gasteiger partial charge in [0.2, 0.25) is 5.88 Å². The maximum absolute atomic E-state index is 13.3. The third-order valence-corrected chi connectivity index (χ3v) is 4.14. The monoisotopic (exact) mass is 394 g/mol. The molecule has 0 bridgehead atoms. The van der Waals surface area contributed by atoms with Crippen LogP contribution in [0.5, 0.6) is 0 Å². The molecule has 0 aliphatic rings. The first-order valence-electron chi connectivity index (χ1n) is 6.34. The molecular formula is C16H12FIN2O. The summed E-state index contributed by atoms with van der Waals surface area (Å²) in [5, 5.41) is 4.05. The zero-order chi connectivity index (χ0) is 15.0. The molecule has 0 fully saturated rings. The minimum Gasteiger partial charge on any atom is -0.367 e. The zero-order valence-electron chi connectivity index (χ0n) is 11.2. The first-order chi connectivity index (χ1) is 10.1. The van der Waals surface area contributed by atoms with E-state index >= 15 is 0 Å². The first-order valence-corrected chi connectivity index (χ1v) is 7.42. The number of rotatable bonds is 2. The fourth-order valence-electron chi connectivity index (χ4n) is 2.17. The summed E-state index contributed by atoms with van der Waals surface area (Å²) in [5.74, 6) is -0.0227. The van der Waals surface area contributed by atoms with E-state index in [4.69, 9.17) is 10.3 Å². The smallest absolute Gasteiger partial charge is 0.230 e. The Bertz CT molecular complexity index is 797. The van der Waals surface area contributed by atoms with Crippen molar-refractivity contribution in [1.29, 1.82) is 0 Å². The molecule has 0 unspecified atom stereocenters. The van der Waals surface area contributed by atoms with Crippen LogP contribution in [0.25, 0.3) is 22.4 Å². The Morgan fingerprint density at radius 3 is 2.52 bits per heavy atom. The highest BCUT2D eigenvalue weighted by atomic mass is 127. The van der Waals surface area contributed by atoms with E-state index in [9.17, 15) is 4.39 Å². The fourth-order valence-corrected chi connectivity index (χ4v) is 2.90. The lowest BCUT2D eigenvalue weighted by molar-refractivity contribution is 0.439. The number of halogens is 2. The van der Waals surface area contributed by atoms with E-state index in [1.807, 2.05) is 31.2 Å². The number of aryl methyl sites for hydroxylation is 1. The summed E-state index contributed by atoms with van der Waals surface area (Å²) in [6.45, 7) is 2.02. The highest BCUT2D eigenvalue weighted by Crippen LogP contribution is 2.38. The zero-order valence-corrected chi connectivity index (χ0v) is 13.4. The summed E-state index contributed by atoms with van der Waals surface area (Å²) in [5.41, 5.74) is 10.2. The van der Waals surface area contributed by atoms with E-state index in [0.29, 0.717) is 5.69 Å². The Morgan fingerprint density at radius 1 is 1.14 bits per heavy atom. The number of hydrogen-bond donors (Lipinski definition) is 1. The van der Waals surface area contributed by atoms with Gasteiger partial charge in [0.1, 0.15) is 11.5 Å². The van der Waals surface area contributed by atoms with Crippen molar-refractivity contribution >= 4 is 28.5 Å². The van der Waals surface area contributed by atoms with E-state index in [0.717, 1.165) is 25.8 Å². The maximum Gasteiger partial charge on any atom is 0.230 e. The lowest BCUT2D eigenvalue weighted by Gasteiger charge is -2.05. The van der Waals surface area contributed by atoms with Gasteiger partial charge in [-0.15, -0.1) is 0 Å². The Balaban J connectivity index is 2.19. The fraction of sp³-hybridized carbons (Fsp3) is 0.0625. The number of hydrogen-bond acceptors (Lipinski definition) is 3. The van der Waals surface area contributed by atoms with Crippen molar-refractivity contribution < 1.29 is 8.91 Å². The van der Waals surface area contributed by atoms with E-state index in [-0.39, 0.29) is 11.7 Å². The maximum atomic E-state index is 13.3. The minimum atomic E-state index is -0.281. The van der Waals surface area contributed by atoms with Gasteiger partial charge in [-0.25, -0.2) is 4.39 Å². The SMILES string of the molecule is Cc1ccc(-c2c(-c3ccc(F)cc3I)noc2N)cc1. The van der Waals surface area contributed by atoms with Crippen LogP contribution < -0.4 is 5.73 Å². The predicted molar refractivity (Wildman–Crippen MR) is 89.2 cm³/mol. The van der Waals surface area contributed by atoms with Crippen LogP contribution in [0.15, 0.2) is 47.0 Å². The average Bonchev–Trinajstić information content (AvgIpc) is 2.82. The molecule has 3 rings (SSSR count). The second-order valence-corrected chi connectivity index (χ2v) is 5.92. The summed E-state index contributed by atoms with van der Waals surface area (Å²) in [7, 11) is 0. The standard InChI is InChI=1S/C16H12FIN2O/c1-9-2-4-10(5-3-9)14-15(20-21-16(14)19)12-7-6-11(17)8-13(12)18/h2-8H,19H2,1H3. The van der Waals surface area contributed by atoms with Crippen LogP contribution in [-0.2, 0) is 0 Å². The lowest BCUT2D eigenvalue weighted by Crippen LogP contribution is -1.90. The number of anilines is 1. The molecule has 0 atom stereocenters. The Hall–Kier alpha value is -1.89. The predicted octanol–water partition coefficient (Wildman–Crippen LogP) is 4.64. The third kappa shape index (κ3) is 2.65. The summed E-state index contributed by atoms with van der Waals surface area (Å²) < 4.78 is 19.2. The van der Waals surface area contributed by atoms with Gasteiger partial charge >= 0.3 is 0 Å². The molecule has 0 radical (unpaired) electrons. The van der Waals surface area contributed by atoms with Crippen molar-refractivity contribution in [3.05, 3.63) is 57.4 Å². The van der Waals surface area contributed by atoms with Gasteiger partial charge in [0, 0.05) is 9.13 Å². The van der Waals surface area contributed by atoms with Gasteiger partial charge < -0.3 is 10.3 Å². The van der Waals surface area contributed by atoms with Crippen molar-refractivity contribution in [3.63, 3.8) is 0 Å². The molecule has 0 aliphatic carbocycles. The summed E-state index contributed by atoms with van der Waals surface area (Å²) in [6.07, 6.45) is 0. The molecule has 0 saturated heterocycles. The summed E-state index contributed by atoms with van der Waals surface area (Å²) >= 11 is 2.08. The normalized spacial score (nSPS) is 10.8. The van der Waals surface area contributed by atoms with E-state index in [1.165, 1.54) is 12.1 Å². The summed E-state index contributed by atoms with van der Waals surface area (Å²) in [6, 6.07) is 12.5. The molecule has 2 aromatic carbocycles. The average molecular weight is 394 g/mol. The van der Waals surface area contributed by atoms with Gasteiger partial charge in [0.05, 0.1) is 5.56 Å². The number of benzene rings is 2. The molecule has 0 amide bonds. The highest BCUT2D eigenvalue weighted by Gasteiger charge is 2.19. The second kappa shape index (κ2) is 5.48. The van der Waals surface area contributed by atoms with Crippen LogP contribution in [0.1, 0.15) is 5.56 Å². The summed E-state index contributed by atoms with van der Waals surface area (Å²) in [4.78, 5) is 0. The van der Waals surface area contributed by atoms with E-state index in [2.05, 4.69) is 27.7 Å². The molecule has 0 spiro atoms. The molecule has 106 valence electrons. The molecule has 5 heteroatoms. The molecule has 1 aromatic heterocycles. The number of nitrogens with zero attached hydrogens (tertiary/aromatic N) is 1. The quantitative estimate of drug-likeness (QED) is 0.645. The molecule has 2 N–H and O–H groups in total. The second-order valence-electron chi connectivity index (χ2n) is 4.76. The van der Waals surface area contributed by atoms with Crippen molar-refractivity contribution in [2.24, 2.45) is 0 Å². The number of aromatic nitrogens is 1. The molecule has 1 heterocycles. The van der Waals surface area contributed by atoms with Crippen molar-refractivity contribution in [2.45, 2.75) is 6.92 Å². The Labute approximate surface area is 135 Å². The topological polar surface area (TPSA) is 52.0 Å². The molecule has 3 nitrogen and oxygen atoms in total. The van der Waals surface area contributed by atoms with Crippen LogP contribution >= 0.6 is 22.6 Å². The van der Waals surface area contributed by atoms with Gasteiger partial charge in [0.25, 0.3) is 0 Å². The van der Waals surface area contributed by atoms with Crippen LogP contribution in [0.2, 0.25) is 0 Å². The van der Waals surface area contributed by atoms with E-state index < -0.39 is 0 Å². The molecule has 0 saturated carbocycles. The van der Waals surface area contributed by atoms with E-state index in [1.54, 1.807) is 6.07 Å². The number of nitrogen functional groups attached to an aromatic ring is 1. The molecule has 21 heavy (non-hydrogen) atoms. The first kappa shape index (κ1) is 14.1. The Morgan fingerprint density at radius 2 is 1.86 bits per heavy atom. The van der Waals surface area contributed by atoms with Gasteiger partial charge in [0.15, 0.2) is 0 Å². The van der Waals surface area contributed by atoms with Gasteiger partial charge in [-0.05, 0) is 53.3 Å². The molecular weight excluding hydrogens is 382 g/mol. The van der Waals surface area contributed by atoms with Crippen molar-refractivity contribution in [3.8, 4) is 22.4 Å². The lowest BCUT2D eigenvalue weighted by atomic mass is 10.00. The van der Waals surface area contributed by atoms with Gasteiger partial charge in [-0.3, -0.25) is 0 Å². The van der Waals surface area contributed by atoms with Crippen molar-refractivity contribution in [1.82, 2.24) is 5.16 Å². The van der Waals surface area contributed by atoms with Gasteiger partial charge in [-0.2, -0.15) is 0 Å². The van der Waals surface area contributed by atoms with Crippen LogP contribution in [-0.4, -0.2) is 5.16 Å². The number of nitrogens with two attached hydrogens (primary N) is 1. The van der Waals surface area contributed by atoms with Crippen LogP contribution in [0, 0.1) is 16.3 Å². The molecule has 0 aliphatic heterocycles. The third-order valence-electron chi connectivity index (χ3n) is 3.24. The minimum absolute atomic E-state index is 0.258. The highest BCUT2D eigenvalue weighted by molar-refractivity contribution is 14.1. The largest absolute Gasteiger partial charge is 0.367 e. The Kier molecular flexibility index (Phi) is 3.67. The van der Waals surface area contributed by atoms with Crippen molar-refractivity contribution in [2.75, 3.05) is 5.73 Å². The van der Waals surface area contributed by atoms with Crippen LogP contribution in [0.3, 0.4) is 0 Å². The van der Waals surface area contributed by atoms with Gasteiger partial charge in [-0.1, -0.05) is 35.0 Å².